The minimum atomic E-state index is -0.428. The molecule has 3 aromatic carbocycles. The van der Waals surface area contributed by atoms with Gasteiger partial charge in [-0.15, -0.1) is 0 Å². The maximum atomic E-state index is 12.9. The Morgan fingerprint density at radius 1 is 0.903 bits per heavy atom. The fourth-order valence-electron chi connectivity index (χ4n) is 3.51. The van der Waals surface area contributed by atoms with E-state index >= 15 is 0 Å². The van der Waals surface area contributed by atoms with Crippen LogP contribution in [-0.4, -0.2) is 22.8 Å². The van der Waals surface area contributed by atoms with E-state index in [4.69, 9.17) is 4.74 Å². The number of hydrogen-bond donors (Lipinski definition) is 2. The van der Waals surface area contributed by atoms with E-state index in [-0.39, 0.29) is 11.9 Å². The van der Waals surface area contributed by atoms with Crippen LogP contribution in [0.25, 0.3) is 10.8 Å². The zero-order valence-corrected chi connectivity index (χ0v) is 16.9. The number of nitrogens with one attached hydrogen (secondary N) is 2. The molecule has 0 aliphatic rings. The standard InChI is InChI=1S/C24H21N3O4/c1-31-18-13-11-17(12-14-18)22(16-7-3-2-4-8-16)25-21(28)15-27-24(30)20-10-6-5-9-19(20)23(29)26-27/h2-14,22H,15H2,1H3,(H,25,28)(H,26,29). The lowest BCUT2D eigenvalue weighted by molar-refractivity contribution is -0.122. The van der Waals surface area contributed by atoms with Crippen LogP contribution in [0, 0.1) is 0 Å². The molecular formula is C24H21N3O4. The number of nitrogens with zero attached hydrogens (tertiary/aromatic N) is 1. The molecule has 2 N–H and O–H groups in total. The highest BCUT2D eigenvalue weighted by atomic mass is 16.5. The molecule has 4 aromatic rings. The average molecular weight is 415 g/mol. The van der Waals surface area contributed by atoms with Gasteiger partial charge in [0, 0.05) is 0 Å². The van der Waals surface area contributed by atoms with Gasteiger partial charge in [0.1, 0.15) is 12.3 Å². The second-order valence-corrected chi connectivity index (χ2v) is 7.06. The van der Waals surface area contributed by atoms with Gasteiger partial charge in [0.15, 0.2) is 0 Å². The van der Waals surface area contributed by atoms with Crippen molar-refractivity contribution in [3.8, 4) is 5.75 Å². The molecule has 1 heterocycles. The highest BCUT2D eigenvalue weighted by Gasteiger charge is 2.18. The zero-order valence-electron chi connectivity index (χ0n) is 16.9. The molecule has 0 aliphatic carbocycles. The summed E-state index contributed by atoms with van der Waals surface area (Å²) < 4.78 is 6.25. The van der Waals surface area contributed by atoms with E-state index in [9.17, 15) is 14.4 Å². The molecule has 7 nitrogen and oxygen atoms in total. The molecule has 0 spiro atoms. The van der Waals surface area contributed by atoms with Crippen LogP contribution in [0.5, 0.6) is 5.75 Å². The van der Waals surface area contributed by atoms with Crippen molar-refractivity contribution in [2.24, 2.45) is 0 Å². The van der Waals surface area contributed by atoms with Gasteiger partial charge in [-0.3, -0.25) is 19.5 Å². The Balaban J connectivity index is 1.64. The lowest BCUT2D eigenvalue weighted by Gasteiger charge is -2.20. The summed E-state index contributed by atoms with van der Waals surface area (Å²) in [5, 5.41) is 6.03. The van der Waals surface area contributed by atoms with Crippen molar-refractivity contribution in [2.45, 2.75) is 12.6 Å². The number of hydrogen-bond acceptors (Lipinski definition) is 4. The van der Waals surface area contributed by atoms with Crippen LogP contribution in [-0.2, 0) is 11.3 Å². The fraction of sp³-hybridized carbons (Fsp3) is 0.125. The number of amides is 1. The Morgan fingerprint density at radius 3 is 2.19 bits per heavy atom. The molecule has 4 rings (SSSR count). The summed E-state index contributed by atoms with van der Waals surface area (Å²) in [5.74, 6) is 0.305. The van der Waals surface area contributed by atoms with Crippen molar-refractivity contribution in [1.82, 2.24) is 15.1 Å². The zero-order chi connectivity index (χ0) is 21.8. The van der Waals surface area contributed by atoms with Crippen molar-refractivity contribution in [1.29, 1.82) is 0 Å². The van der Waals surface area contributed by atoms with E-state index in [0.717, 1.165) is 15.8 Å². The van der Waals surface area contributed by atoms with Crippen LogP contribution in [0.1, 0.15) is 17.2 Å². The summed E-state index contributed by atoms with van der Waals surface area (Å²) in [4.78, 5) is 37.9. The largest absolute Gasteiger partial charge is 0.497 e. The van der Waals surface area contributed by atoms with Crippen LogP contribution < -0.4 is 21.2 Å². The predicted octanol–water partition coefficient (Wildman–Crippen LogP) is 2.60. The lowest BCUT2D eigenvalue weighted by atomic mass is 9.98. The van der Waals surface area contributed by atoms with Crippen LogP contribution in [0.4, 0.5) is 0 Å². The number of rotatable bonds is 6. The molecule has 1 atom stereocenters. The Labute approximate surface area is 177 Å². The number of carbonyl (C=O) groups is 1. The van der Waals surface area contributed by atoms with E-state index in [0.29, 0.717) is 11.1 Å². The van der Waals surface area contributed by atoms with Crippen LogP contribution in [0.15, 0.2) is 88.5 Å². The van der Waals surface area contributed by atoms with Gasteiger partial charge >= 0.3 is 0 Å². The minimum absolute atomic E-state index is 0.272. The maximum Gasteiger partial charge on any atom is 0.273 e. The number of ether oxygens (including phenoxy) is 1. The molecule has 0 fully saturated rings. The van der Waals surface area contributed by atoms with Gasteiger partial charge < -0.3 is 10.1 Å². The van der Waals surface area contributed by atoms with Gasteiger partial charge in [-0.05, 0) is 35.4 Å². The summed E-state index contributed by atoms with van der Waals surface area (Å²) in [7, 11) is 1.59. The van der Waals surface area contributed by atoms with Crippen molar-refractivity contribution >= 4 is 16.7 Å². The van der Waals surface area contributed by atoms with Gasteiger partial charge in [-0.1, -0.05) is 54.6 Å². The number of benzene rings is 3. The monoisotopic (exact) mass is 415 g/mol. The molecule has 0 aliphatic heterocycles. The minimum Gasteiger partial charge on any atom is -0.497 e. The molecular weight excluding hydrogens is 394 g/mol. The third-order valence-corrected chi connectivity index (χ3v) is 5.07. The fourth-order valence-corrected chi connectivity index (χ4v) is 3.51. The first-order chi connectivity index (χ1) is 15.1. The Kier molecular flexibility index (Phi) is 5.66. The summed E-state index contributed by atoms with van der Waals surface area (Å²) in [5.41, 5.74) is 0.906. The molecule has 7 heteroatoms. The highest BCUT2D eigenvalue weighted by molar-refractivity contribution is 5.81. The summed E-state index contributed by atoms with van der Waals surface area (Å²) >= 11 is 0. The maximum absolute atomic E-state index is 12.9. The topological polar surface area (TPSA) is 93.2 Å². The van der Waals surface area contributed by atoms with Crippen molar-refractivity contribution < 1.29 is 9.53 Å². The first-order valence-electron chi connectivity index (χ1n) is 9.77. The van der Waals surface area contributed by atoms with E-state index in [2.05, 4.69) is 10.4 Å². The first-order valence-corrected chi connectivity index (χ1v) is 9.77. The smallest absolute Gasteiger partial charge is 0.273 e. The molecule has 0 saturated carbocycles. The quantitative estimate of drug-likeness (QED) is 0.506. The van der Waals surface area contributed by atoms with Crippen molar-refractivity contribution in [3.05, 3.63) is 111 Å². The summed E-state index contributed by atoms with van der Waals surface area (Å²) in [6.07, 6.45) is 0. The van der Waals surface area contributed by atoms with Gasteiger partial charge in [0.2, 0.25) is 5.91 Å². The molecule has 0 saturated heterocycles. The number of H-pyrrole nitrogens is 1. The Morgan fingerprint density at radius 2 is 1.52 bits per heavy atom. The second-order valence-electron chi connectivity index (χ2n) is 7.06. The van der Waals surface area contributed by atoms with Gasteiger partial charge in [0.05, 0.1) is 23.9 Å². The number of carbonyl (C=O) groups excluding carboxylic acids is 1. The molecule has 1 unspecified atom stereocenters. The molecule has 1 aromatic heterocycles. The molecule has 0 bridgehead atoms. The van der Waals surface area contributed by atoms with Gasteiger partial charge in [-0.25, -0.2) is 4.68 Å². The first kappa shape index (κ1) is 20.2. The number of aromatic amines is 1. The predicted molar refractivity (Wildman–Crippen MR) is 118 cm³/mol. The lowest BCUT2D eigenvalue weighted by Crippen LogP contribution is -2.38. The summed E-state index contributed by atoms with van der Waals surface area (Å²) in [6.45, 7) is -0.307. The van der Waals surface area contributed by atoms with E-state index in [1.807, 2.05) is 54.6 Å². The normalized spacial score (nSPS) is 11.8. The van der Waals surface area contributed by atoms with Crippen LogP contribution >= 0.6 is 0 Å². The van der Waals surface area contributed by atoms with Crippen molar-refractivity contribution in [3.63, 3.8) is 0 Å². The third-order valence-electron chi connectivity index (χ3n) is 5.07. The highest BCUT2D eigenvalue weighted by Crippen LogP contribution is 2.24. The molecule has 0 radical (unpaired) electrons. The third kappa shape index (κ3) is 4.25. The second kappa shape index (κ2) is 8.71. The van der Waals surface area contributed by atoms with Crippen LogP contribution in [0.3, 0.4) is 0 Å². The molecule has 156 valence electrons. The van der Waals surface area contributed by atoms with E-state index in [1.165, 1.54) is 0 Å². The number of aromatic nitrogens is 2. The summed E-state index contributed by atoms with van der Waals surface area (Å²) in [6, 6.07) is 23.0. The molecule has 31 heavy (non-hydrogen) atoms. The van der Waals surface area contributed by atoms with Crippen LogP contribution in [0.2, 0.25) is 0 Å². The van der Waals surface area contributed by atoms with E-state index in [1.54, 1.807) is 31.4 Å². The van der Waals surface area contributed by atoms with Gasteiger partial charge in [0.25, 0.3) is 11.1 Å². The molecule has 1 amide bonds. The number of fused-ring (bicyclic) bond motifs is 1. The SMILES string of the molecule is COc1ccc(C(NC(=O)Cn2[nH]c(=O)c3ccccc3c2=O)c2ccccc2)cc1. The van der Waals surface area contributed by atoms with E-state index < -0.39 is 23.1 Å². The number of methoxy groups -OCH3 is 1. The Hall–Kier alpha value is -4.13. The average Bonchev–Trinajstić information content (AvgIpc) is 2.81. The Bertz CT molecular complexity index is 1330. The van der Waals surface area contributed by atoms with Gasteiger partial charge in [-0.2, -0.15) is 0 Å². The van der Waals surface area contributed by atoms with Crippen molar-refractivity contribution in [2.75, 3.05) is 7.11 Å².